The largest absolute Gasteiger partial charge is 0.375 e. The number of carbonyl (C=O) groups is 1. The van der Waals surface area contributed by atoms with E-state index in [1.54, 1.807) is 13.8 Å². The lowest BCUT2D eigenvalue weighted by Crippen LogP contribution is -2.56. The summed E-state index contributed by atoms with van der Waals surface area (Å²) in [5, 5.41) is 5.66. The van der Waals surface area contributed by atoms with E-state index in [2.05, 4.69) is 15.4 Å². The van der Waals surface area contributed by atoms with E-state index in [1.807, 2.05) is 6.92 Å². The maximum absolute atomic E-state index is 11.8. The van der Waals surface area contributed by atoms with Crippen LogP contribution in [0.25, 0.3) is 0 Å². The molecule has 0 aromatic rings. The van der Waals surface area contributed by atoms with E-state index in [4.69, 9.17) is 4.74 Å². The van der Waals surface area contributed by atoms with Gasteiger partial charge in [0.1, 0.15) is 6.04 Å². The normalized spacial score (nSPS) is 23.2. The van der Waals surface area contributed by atoms with Crippen molar-refractivity contribution in [1.82, 2.24) is 15.4 Å². The Morgan fingerprint density at radius 2 is 2.10 bits per heavy atom. The predicted molar refractivity (Wildman–Crippen MR) is 79.5 cm³/mol. The first-order valence-corrected chi connectivity index (χ1v) is 8.10. The van der Waals surface area contributed by atoms with E-state index >= 15 is 0 Å². The molecule has 0 saturated carbocycles. The molecule has 1 fully saturated rings. The molecule has 0 aromatic carbocycles. The maximum Gasteiger partial charge on any atom is 0.239 e. The Morgan fingerprint density at radius 1 is 1.45 bits per heavy atom. The summed E-state index contributed by atoms with van der Waals surface area (Å²) in [6.45, 7) is 6.61. The topological polar surface area (TPSA) is 96.5 Å². The molecular formula is C11H24ClN3O4S. The highest BCUT2D eigenvalue weighted by atomic mass is 35.5. The van der Waals surface area contributed by atoms with Crippen molar-refractivity contribution in [2.24, 2.45) is 0 Å². The number of amides is 1. The molecule has 0 radical (unpaired) electrons. The average Bonchev–Trinajstić information content (AvgIpc) is 2.27. The highest BCUT2D eigenvalue weighted by Gasteiger charge is 2.28. The molecule has 2 atom stereocenters. The number of hydrogen-bond donors (Lipinski definition) is 3. The molecule has 120 valence electrons. The van der Waals surface area contributed by atoms with Crippen molar-refractivity contribution in [3.05, 3.63) is 0 Å². The van der Waals surface area contributed by atoms with Gasteiger partial charge in [-0.1, -0.05) is 0 Å². The van der Waals surface area contributed by atoms with E-state index < -0.39 is 16.1 Å². The lowest BCUT2D eigenvalue weighted by Gasteiger charge is -2.29. The van der Waals surface area contributed by atoms with Crippen LogP contribution >= 0.6 is 12.4 Å². The van der Waals surface area contributed by atoms with Crippen molar-refractivity contribution in [2.45, 2.75) is 39.0 Å². The Balaban J connectivity index is 0.00000361. The summed E-state index contributed by atoms with van der Waals surface area (Å²) in [5.74, 6) is -0.356. The van der Waals surface area contributed by atoms with Gasteiger partial charge in [-0.05, 0) is 20.8 Å². The molecule has 1 amide bonds. The molecule has 3 N–H and O–H groups in total. The van der Waals surface area contributed by atoms with Gasteiger partial charge in [-0.3, -0.25) is 4.79 Å². The van der Waals surface area contributed by atoms with Gasteiger partial charge in [-0.15, -0.1) is 12.4 Å². The van der Waals surface area contributed by atoms with Crippen LogP contribution in [0.4, 0.5) is 0 Å². The summed E-state index contributed by atoms with van der Waals surface area (Å²) >= 11 is 0. The van der Waals surface area contributed by atoms with Crippen LogP contribution in [-0.4, -0.2) is 58.0 Å². The third-order valence-corrected chi connectivity index (χ3v) is 4.26. The first-order valence-electron chi connectivity index (χ1n) is 6.44. The predicted octanol–water partition coefficient (Wildman–Crippen LogP) is -0.771. The standard InChI is InChI=1S/C11H23N3O4S.ClH/c1-8(2)14-19(16,17)7-5-13-11(15)10-9(3)18-6-4-12-10;/h8-10,12,14H,4-7H2,1-3H3,(H,13,15);1H/t9-,10+;/m1./s1. The number of morpholine rings is 1. The Morgan fingerprint density at radius 3 is 2.65 bits per heavy atom. The van der Waals surface area contributed by atoms with Gasteiger partial charge >= 0.3 is 0 Å². The summed E-state index contributed by atoms with van der Waals surface area (Å²) in [6, 6.07) is -0.566. The minimum absolute atomic E-state index is 0. The molecule has 1 saturated heterocycles. The molecule has 0 aliphatic carbocycles. The summed E-state index contributed by atoms with van der Waals surface area (Å²) in [7, 11) is -3.34. The fraction of sp³-hybridized carbons (Fsp3) is 0.909. The second-order valence-electron chi connectivity index (χ2n) is 4.89. The first kappa shape index (κ1) is 19.6. The second kappa shape index (κ2) is 8.78. The number of carbonyl (C=O) groups excluding carboxylic acids is 1. The Kier molecular flexibility index (Phi) is 8.60. The van der Waals surface area contributed by atoms with Crippen LogP contribution < -0.4 is 15.4 Å². The van der Waals surface area contributed by atoms with Gasteiger partial charge in [0, 0.05) is 19.1 Å². The lowest BCUT2D eigenvalue weighted by atomic mass is 10.1. The zero-order valence-electron chi connectivity index (χ0n) is 12.0. The molecule has 7 nitrogen and oxygen atoms in total. The molecule has 1 aliphatic heterocycles. The van der Waals surface area contributed by atoms with Gasteiger partial charge in [-0.2, -0.15) is 0 Å². The van der Waals surface area contributed by atoms with Crippen LogP contribution in [0.15, 0.2) is 0 Å². The SMILES string of the molecule is CC(C)NS(=O)(=O)CCNC(=O)[C@H]1NCCO[C@@H]1C.Cl. The van der Waals surface area contributed by atoms with Crippen molar-refractivity contribution in [3.63, 3.8) is 0 Å². The highest BCUT2D eigenvalue weighted by Crippen LogP contribution is 2.03. The molecular weight excluding hydrogens is 306 g/mol. The summed E-state index contributed by atoms with van der Waals surface area (Å²) in [5.41, 5.74) is 0. The van der Waals surface area contributed by atoms with Gasteiger partial charge in [0.2, 0.25) is 15.9 Å². The van der Waals surface area contributed by atoms with Crippen molar-refractivity contribution in [3.8, 4) is 0 Å². The zero-order valence-corrected chi connectivity index (χ0v) is 13.6. The van der Waals surface area contributed by atoms with E-state index in [0.717, 1.165) is 0 Å². The van der Waals surface area contributed by atoms with Crippen LogP contribution in [0.2, 0.25) is 0 Å². The van der Waals surface area contributed by atoms with E-state index in [0.29, 0.717) is 13.2 Å². The Hall–Kier alpha value is -0.410. The van der Waals surface area contributed by atoms with Crippen LogP contribution in [0.1, 0.15) is 20.8 Å². The molecule has 1 heterocycles. The molecule has 1 aliphatic rings. The fourth-order valence-electron chi connectivity index (χ4n) is 1.86. The van der Waals surface area contributed by atoms with Gasteiger partial charge < -0.3 is 15.4 Å². The Labute approximate surface area is 126 Å². The lowest BCUT2D eigenvalue weighted by molar-refractivity contribution is -0.128. The second-order valence-corrected chi connectivity index (χ2v) is 6.76. The number of nitrogens with one attached hydrogen (secondary N) is 3. The molecule has 0 spiro atoms. The van der Waals surface area contributed by atoms with E-state index in [1.165, 1.54) is 0 Å². The molecule has 0 bridgehead atoms. The molecule has 9 heteroatoms. The summed E-state index contributed by atoms with van der Waals surface area (Å²) in [6.07, 6.45) is -0.209. The number of ether oxygens (including phenoxy) is 1. The summed E-state index contributed by atoms with van der Waals surface area (Å²) in [4.78, 5) is 11.8. The Bertz CT molecular complexity index is 402. The van der Waals surface area contributed by atoms with E-state index in [9.17, 15) is 13.2 Å². The van der Waals surface area contributed by atoms with Gasteiger partial charge in [0.25, 0.3) is 0 Å². The van der Waals surface area contributed by atoms with E-state index in [-0.39, 0.29) is 42.8 Å². The maximum atomic E-state index is 11.8. The smallest absolute Gasteiger partial charge is 0.239 e. The monoisotopic (exact) mass is 329 g/mol. The fourth-order valence-corrected chi connectivity index (χ4v) is 3.07. The molecule has 20 heavy (non-hydrogen) atoms. The van der Waals surface area contributed by atoms with Gasteiger partial charge in [-0.25, -0.2) is 13.1 Å². The quantitative estimate of drug-likeness (QED) is 0.594. The third-order valence-electron chi connectivity index (χ3n) is 2.68. The van der Waals surface area contributed by atoms with Crippen molar-refractivity contribution in [2.75, 3.05) is 25.4 Å². The minimum Gasteiger partial charge on any atom is -0.375 e. The van der Waals surface area contributed by atoms with Crippen molar-refractivity contribution >= 4 is 28.3 Å². The van der Waals surface area contributed by atoms with Crippen LogP contribution in [0, 0.1) is 0 Å². The number of rotatable bonds is 6. The zero-order chi connectivity index (χ0) is 14.5. The minimum atomic E-state index is -3.34. The summed E-state index contributed by atoms with van der Waals surface area (Å²) < 4.78 is 30.9. The van der Waals surface area contributed by atoms with Crippen LogP contribution in [0.3, 0.4) is 0 Å². The number of sulfonamides is 1. The number of hydrogen-bond acceptors (Lipinski definition) is 5. The van der Waals surface area contributed by atoms with Gasteiger partial charge in [0.05, 0.1) is 18.5 Å². The van der Waals surface area contributed by atoms with Crippen molar-refractivity contribution in [1.29, 1.82) is 0 Å². The van der Waals surface area contributed by atoms with Gasteiger partial charge in [0.15, 0.2) is 0 Å². The first-order chi connectivity index (χ1) is 8.82. The molecule has 0 unspecified atom stereocenters. The molecule has 0 aromatic heterocycles. The third kappa shape index (κ3) is 6.85. The highest BCUT2D eigenvalue weighted by molar-refractivity contribution is 7.89. The van der Waals surface area contributed by atoms with Crippen LogP contribution in [0.5, 0.6) is 0 Å². The molecule has 1 rings (SSSR count). The average molecular weight is 330 g/mol. The van der Waals surface area contributed by atoms with Crippen molar-refractivity contribution < 1.29 is 17.9 Å². The number of halogens is 1. The van der Waals surface area contributed by atoms with Crippen LogP contribution in [-0.2, 0) is 19.6 Å².